The Labute approximate surface area is 102 Å². The van der Waals surface area contributed by atoms with Crippen LogP contribution in [0.25, 0.3) is 0 Å². The molecule has 0 aromatic carbocycles. The molecule has 0 saturated heterocycles. The number of aliphatic hydroxyl groups is 1. The van der Waals surface area contributed by atoms with Gasteiger partial charge in [-0.15, -0.1) is 0 Å². The molecule has 0 rings (SSSR count). The van der Waals surface area contributed by atoms with Gasteiger partial charge < -0.3 is 14.9 Å². The summed E-state index contributed by atoms with van der Waals surface area (Å²) in [5.41, 5.74) is -0.292. The van der Waals surface area contributed by atoms with Gasteiger partial charge in [0.2, 0.25) is 0 Å². The molecule has 0 amide bonds. The Bertz CT molecular complexity index is 102. The van der Waals surface area contributed by atoms with Crippen LogP contribution >= 0.6 is 19.0 Å². The van der Waals surface area contributed by atoms with Crippen molar-refractivity contribution in [1.82, 2.24) is 0 Å². The fraction of sp³-hybridized carbons (Fsp3) is 1.00. The van der Waals surface area contributed by atoms with E-state index < -0.39 is 7.58 Å². The van der Waals surface area contributed by atoms with E-state index in [-0.39, 0.29) is 49.8 Å². The van der Waals surface area contributed by atoms with Crippen LogP contribution in [0.15, 0.2) is 0 Å². The predicted octanol–water partition coefficient (Wildman–Crippen LogP) is -0.695. The molecular weight excluding hydrogens is 211 g/mol. The zero-order valence-corrected chi connectivity index (χ0v) is 10.7. The van der Waals surface area contributed by atoms with Gasteiger partial charge in [0.05, 0.1) is 0 Å². The molecule has 0 spiro atoms. The topological polar surface area (TPSA) is 66.3 Å². The maximum absolute atomic E-state index is 10.1. The zero-order valence-electron chi connectivity index (χ0n) is 6.74. The molecule has 0 aliphatic carbocycles. The van der Waals surface area contributed by atoms with Crippen LogP contribution in [0.2, 0.25) is 0 Å². The first-order valence-electron chi connectivity index (χ1n) is 2.86. The summed E-state index contributed by atoms with van der Waals surface area (Å²) in [6.07, 6.45) is 0. The second kappa shape index (κ2) is 7.34. The molecular formula is C5H11CaO3PS. The third-order valence-corrected chi connectivity index (χ3v) is 3.13. The first kappa shape index (κ1) is 15.4. The fourth-order valence-electron chi connectivity index (χ4n) is 0.273. The molecule has 0 aliphatic rings. The molecule has 3 nitrogen and oxygen atoms in total. The van der Waals surface area contributed by atoms with Gasteiger partial charge in [0.25, 0.3) is 0 Å². The third-order valence-electron chi connectivity index (χ3n) is 0.989. The van der Waals surface area contributed by atoms with Crippen LogP contribution in [0.1, 0.15) is 13.8 Å². The smallest absolute Gasteiger partial charge is 0.834 e. The fourth-order valence-corrected chi connectivity index (χ4v) is 2.18. The quantitative estimate of drug-likeness (QED) is 0.505. The molecule has 0 bridgehead atoms. The van der Waals surface area contributed by atoms with Crippen molar-refractivity contribution in [3.63, 3.8) is 0 Å². The van der Waals surface area contributed by atoms with Gasteiger partial charge in [-0.3, -0.25) is 0 Å². The predicted molar refractivity (Wildman–Crippen MR) is 46.0 cm³/mol. The van der Waals surface area contributed by atoms with Crippen LogP contribution in [-0.4, -0.2) is 55.2 Å². The summed E-state index contributed by atoms with van der Waals surface area (Å²) in [4.78, 5) is 20.2. The molecule has 1 N–H and O–H groups in total. The number of rotatable bonds is 4. The van der Waals surface area contributed by atoms with Crippen molar-refractivity contribution in [2.75, 3.05) is 12.4 Å². The van der Waals surface area contributed by atoms with Crippen molar-refractivity contribution in [2.45, 2.75) is 13.8 Å². The Morgan fingerprint density at radius 1 is 1.45 bits per heavy atom. The molecule has 0 saturated carbocycles. The van der Waals surface area contributed by atoms with E-state index in [9.17, 15) is 9.79 Å². The minimum Gasteiger partial charge on any atom is -0.834 e. The Hall–Kier alpha value is 1.92. The summed E-state index contributed by atoms with van der Waals surface area (Å²) in [6.45, 7) is 3.65. The van der Waals surface area contributed by atoms with E-state index >= 15 is 0 Å². The molecule has 0 radical (unpaired) electrons. The molecule has 0 aliphatic heterocycles. The van der Waals surface area contributed by atoms with Crippen LogP contribution in [0.5, 0.6) is 0 Å². The Morgan fingerprint density at radius 2 is 1.91 bits per heavy atom. The maximum atomic E-state index is 10.1. The van der Waals surface area contributed by atoms with Crippen LogP contribution in [-0.2, 0) is 0 Å². The van der Waals surface area contributed by atoms with Crippen molar-refractivity contribution in [3.8, 4) is 0 Å². The van der Waals surface area contributed by atoms with Gasteiger partial charge in [0.1, 0.15) is 0 Å². The van der Waals surface area contributed by atoms with E-state index in [1.807, 2.05) is 13.8 Å². The van der Waals surface area contributed by atoms with Gasteiger partial charge in [-0.1, -0.05) is 13.8 Å². The second-order valence-corrected chi connectivity index (χ2v) is 5.48. The van der Waals surface area contributed by atoms with Crippen LogP contribution in [0.3, 0.4) is 0 Å². The van der Waals surface area contributed by atoms with E-state index in [4.69, 9.17) is 5.11 Å². The molecule has 62 valence electrons. The van der Waals surface area contributed by atoms with Crippen molar-refractivity contribution in [2.24, 2.45) is 5.41 Å². The van der Waals surface area contributed by atoms with E-state index in [0.717, 1.165) is 11.4 Å². The average Bonchev–Trinajstić information content (AvgIpc) is 1.85. The SMILES string of the molecule is CC(C)(CO)CSP([O-])[O-].[Ca+2]. The van der Waals surface area contributed by atoms with Crippen molar-refractivity contribution in [1.29, 1.82) is 0 Å². The van der Waals surface area contributed by atoms with Gasteiger partial charge in [0.15, 0.2) is 0 Å². The molecule has 0 unspecified atom stereocenters. The van der Waals surface area contributed by atoms with Crippen molar-refractivity contribution in [3.05, 3.63) is 0 Å². The van der Waals surface area contributed by atoms with Gasteiger partial charge in [-0.05, 0) is 5.41 Å². The standard InChI is InChI=1S/C5H11O3PS.Ca/c1-5(2,3-6)4-10-9(7)8;/h6H,3-4H2,1-2H3;/q-2;+2. The first-order valence-corrected chi connectivity index (χ1v) is 5.63. The number of aliphatic hydroxyl groups excluding tert-OH is 1. The van der Waals surface area contributed by atoms with Crippen molar-refractivity contribution < 1.29 is 14.9 Å². The number of hydrogen-bond acceptors (Lipinski definition) is 4. The molecule has 0 aromatic rings. The van der Waals surface area contributed by atoms with Gasteiger partial charge in [0, 0.05) is 12.4 Å². The minimum atomic E-state index is -2.36. The first-order chi connectivity index (χ1) is 4.48. The van der Waals surface area contributed by atoms with E-state index in [1.165, 1.54) is 0 Å². The van der Waals surface area contributed by atoms with Gasteiger partial charge >= 0.3 is 37.7 Å². The molecule has 11 heavy (non-hydrogen) atoms. The molecule has 6 heteroatoms. The average molecular weight is 222 g/mol. The Morgan fingerprint density at radius 3 is 2.18 bits per heavy atom. The maximum Gasteiger partial charge on any atom is 2.00 e. The minimum absolute atomic E-state index is 0. The largest absolute Gasteiger partial charge is 2.00 e. The Balaban J connectivity index is 0. The van der Waals surface area contributed by atoms with Gasteiger partial charge in [-0.25, -0.2) is 7.58 Å². The normalized spacial score (nSPS) is 11.5. The van der Waals surface area contributed by atoms with Crippen molar-refractivity contribution >= 4 is 56.7 Å². The molecule has 0 atom stereocenters. The third kappa shape index (κ3) is 9.84. The van der Waals surface area contributed by atoms with E-state index in [1.54, 1.807) is 0 Å². The van der Waals surface area contributed by atoms with E-state index in [2.05, 4.69) is 0 Å². The van der Waals surface area contributed by atoms with E-state index in [0.29, 0.717) is 5.75 Å². The summed E-state index contributed by atoms with van der Waals surface area (Å²) in [5, 5.41) is 8.70. The van der Waals surface area contributed by atoms with Gasteiger partial charge in [-0.2, -0.15) is 11.4 Å². The summed E-state index contributed by atoms with van der Waals surface area (Å²) in [5.74, 6) is 0.447. The second-order valence-electron chi connectivity index (χ2n) is 2.82. The summed E-state index contributed by atoms with van der Waals surface area (Å²) in [6, 6.07) is 0. The molecule has 0 fully saturated rings. The summed E-state index contributed by atoms with van der Waals surface area (Å²) in [7, 11) is -2.36. The van der Waals surface area contributed by atoms with Crippen LogP contribution in [0, 0.1) is 5.41 Å². The van der Waals surface area contributed by atoms with Crippen LogP contribution in [0.4, 0.5) is 0 Å². The zero-order chi connectivity index (χ0) is 8.20. The molecule has 0 aromatic heterocycles. The number of hydrogen-bond donors (Lipinski definition) is 1. The summed E-state index contributed by atoms with van der Waals surface area (Å²) < 4.78 is 0. The molecule has 0 heterocycles. The Kier molecular flexibility index (Phi) is 10.3. The van der Waals surface area contributed by atoms with Crippen LogP contribution < -0.4 is 9.79 Å². The summed E-state index contributed by atoms with van der Waals surface area (Å²) >= 11 is 0.856. The monoisotopic (exact) mass is 222 g/mol.